The number of ether oxygens (including phenoxy) is 1. The number of carboxylic acid groups (broad SMARTS) is 1. The van der Waals surface area contributed by atoms with Crippen molar-refractivity contribution in [2.75, 3.05) is 17.7 Å². The number of carbonyl (C=O) groups is 2. The molecule has 0 spiro atoms. The number of hydrogen-bond acceptors (Lipinski definition) is 4. The lowest BCUT2D eigenvalue weighted by atomic mass is 10.2. The number of nitrogen functional groups attached to an aromatic ring is 1. The van der Waals surface area contributed by atoms with Gasteiger partial charge in [0.05, 0.1) is 11.3 Å². The highest BCUT2D eigenvalue weighted by atomic mass is 16.5. The lowest BCUT2D eigenvalue weighted by Crippen LogP contribution is -2.20. The molecule has 22 heavy (non-hydrogen) atoms. The summed E-state index contributed by atoms with van der Waals surface area (Å²) in [4.78, 5) is 22.6. The fourth-order valence-corrected chi connectivity index (χ4v) is 1.79. The van der Waals surface area contributed by atoms with Gasteiger partial charge in [-0.15, -0.1) is 0 Å². The van der Waals surface area contributed by atoms with Gasteiger partial charge >= 0.3 is 5.97 Å². The van der Waals surface area contributed by atoms with Crippen molar-refractivity contribution in [3.8, 4) is 5.75 Å². The van der Waals surface area contributed by atoms with Gasteiger partial charge in [-0.1, -0.05) is 17.7 Å². The van der Waals surface area contributed by atoms with Crippen LogP contribution in [-0.4, -0.2) is 23.6 Å². The molecule has 0 heterocycles. The summed E-state index contributed by atoms with van der Waals surface area (Å²) in [6.07, 6.45) is 0. The van der Waals surface area contributed by atoms with E-state index in [9.17, 15) is 9.59 Å². The smallest absolute Gasteiger partial charge is 0.335 e. The molecule has 0 saturated carbocycles. The molecule has 0 fully saturated rings. The van der Waals surface area contributed by atoms with Crippen molar-refractivity contribution in [3.05, 3.63) is 53.6 Å². The number of benzene rings is 2. The Bertz CT molecular complexity index is 696. The summed E-state index contributed by atoms with van der Waals surface area (Å²) in [6.45, 7) is 1.74. The first-order valence-corrected chi connectivity index (χ1v) is 6.58. The molecule has 0 aliphatic carbocycles. The quantitative estimate of drug-likeness (QED) is 0.735. The fourth-order valence-electron chi connectivity index (χ4n) is 1.79. The van der Waals surface area contributed by atoms with Crippen molar-refractivity contribution >= 4 is 23.3 Å². The van der Waals surface area contributed by atoms with Crippen LogP contribution in [0.1, 0.15) is 15.9 Å². The molecule has 0 atom stereocenters. The van der Waals surface area contributed by atoms with Crippen molar-refractivity contribution in [2.45, 2.75) is 6.92 Å². The zero-order chi connectivity index (χ0) is 16.1. The Balaban J connectivity index is 1.93. The van der Waals surface area contributed by atoms with E-state index in [1.54, 1.807) is 12.1 Å². The average molecular weight is 300 g/mol. The minimum Gasteiger partial charge on any atom is -0.482 e. The highest BCUT2D eigenvalue weighted by molar-refractivity contribution is 5.92. The van der Waals surface area contributed by atoms with Crippen LogP contribution >= 0.6 is 0 Å². The van der Waals surface area contributed by atoms with Crippen molar-refractivity contribution in [3.63, 3.8) is 0 Å². The highest BCUT2D eigenvalue weighted by Crippen LogP contribution is 2.22. The maximum absolute atomic E-state index is 11.8. The summed E-state index contributed by atoms with van der Waals surface area (Å²) < 4.78 is 5.30. The summed E-state index contributed by atoms with van der Waals surface area (Å²) in [5.74, 6) is -1.13. The van der Waals surface area contributed by atoms with Crippen molar-refractivity contribution in [1.82, 2.24) is 0 Å². The van der Waals surface area contributed by atoms with Crippen molar-refractivity contribution in [1.29, 1.82) is 0 Å². The summed E-state index contributed by atoms with van der Waals surface area (Å²) in [5, 5.41) is 11.5. The van der Waals surface area contributed by atoms with Gasteiger partial charge in [0, 0.05) is 5.69 Å². The normalized spacial score (nSPS) is 10.0. The van der Waals surface area contributed by atoms with Gasteiger partial charge in [0.2, 0.25) is 0 Å². The van der Waals surface area contributed by atoms with Gasteiger partial charge in [0.1, 0.15) is 5.75 Å². The number of amides is 1. The summed E-state index contributed by atoms with van der Waals surface area (Å²) in [6, 6.07) is 11.4. The zero-order valence-corrected chi connectivity index (χ0v) is 12.0. The van der Waals surface area contributed by atoms with Crippen molar-refractivity contribution < 1.29 is 19.4 Å². The maximum Gasteiger partial charge on any atom is 0.335 e. The standard InChI is InChI=1S/C16H16N2O4/c1-10-2-5-12(6-3-10)18-15(19)9-22-14-7-4-11(16(20)21)8-13(14)17/h2-8H,9,17H2,1H3,(H,18,19)(H,20,21). The van der Waals surface area contributed by atoms with Crippen LogP contribution in [-0.2, 0) is 4.79 Å². The minimum atomic E-state index is -1.07. The first kappa shape index (κ1) is 15.4. The van der Waals surface area contributed by atoms with Crippen LogP contribution in [0.5, 0.6) is 5.75 Å². The molecule has 0 saturated heterocycles. The van der Waals surface area contributed by atoms with Gasteiger partial charge in [-0.3, -0.25) is 4.79 Å². The van der Waals surface area contributed by atoms with Gasteiger partial charge in [0.25, 0.3) is 5.91 Å². The van der Waals surface area contributed by atoms with E-state index in [0.717, 1.165) is 5.56 Å². The topological polar surface area (TPSA) is 102 Å². The number of hydrogen-bond donors (Lipinski definition) is 3. The molecule has 6 heteroatoms. The molecule has 0 aliphatic rings. The first-order valence-electron chi connectivity index (χ1n) is 6.58. The zero-order valence-electron chi connectivity index (χ0n) is 12.0. The second-order valence-electron chi connectivity index (χ2n) is 4.76. The molecule has 4 N–H and O–H groups in total. The third kappa shape index (κ3) is 3.99. The molecule has 2 aromatic rings. The van der Waals surface area contributed by atoms with Gasteiger partial charge in [-0.05, 0) is 37.3 Å². The molecule has 0 aliphatic heterocycles. The Hall–Kier alpha value is -3.02. The summed E-state index contributed by atoms with van der Waals surface area (Å²) >= 11 is 0. The van der Waals surface area contributed by atoms with Crippen LogP contribution in [0.4, 0.5) is 11.4 Å². The second-order valence-corrected chi connectivity index (χ2v) is 4.76. The number of nitrogens with one attached hydrogen (secondary N) is 1. The molecule has 0 aromatic heterocycles. The average Bonchev–Trinajstić information content (AvgIpc) is 2.48. The Labute approximate surface area is 127 Å². The second kappa shape index (κ2) is 6.62. The monoisotopic (exact) mass is 300 g/mol. The number of carboxylic acids is 1. The molecule has 0 radical (unpaired) electrons. The molecule has 1 amide bonds. The largest absolute Gasteiger partial charge is 0.482 e. The predicted molar refractivity (Wildman–Crippen MR) is 83.1 cm³/mol. The predicted octanol–water partition coefficient (Wildman–Crippen LogP) is 2.29. The highest BCUT2D eigenvalue weighted by Gasteiger charge is 2.09. The molecule has 2 aromatic carbocycles. The Kier molecular flexibility index (Phi) is 4.63. The molecule has 0 unspecified atom stereocenters. The lowest BCUT2D eigenvalue weighted by molar-refractivity contribution is -0.118. The minimum absolute atomic E-state index is 0.0638. The van der Waals surface area contributed by atoms with Gasteiger partial charge in [0.15, 0.2) is 6.61 Å². The first-order chi connectivity index (χ1) is 10.5. The van der Waals surface area contributed by atoms with Crippen molar-refractivity contribution in [2.24, 2.45) is 0 Å². The SMILES string of the molecule is Cc1ccc(NC(=O)COc2ccc(C(=O)O)cc2N)cc1. The van der Waals surface area contributed by atoms with E-state index < -0.39 is 5.97 Å². The molecule has 114 valence electrons. The number of aryl methyl sites for hydroxylation is 1. The third-order valence-electron chi connectivity index (χ3n) is 2.95. The lowest BCUT2D eigenvalue weighted by Gasteiger charge is -2.10. The number of aromatic carboxylic acids is 1. The number of nitrogens with two attached hydrogens (primary N) is 1. The van der Waals surface area contributed by atoms with E-state index in [1.807, 2.05) is 19.1 Å². The molecular formula is C16H16N2O4. The third-order valence-corrected chi connectivity index (χ3v) is 2.95. The summed E-state index contributed by atoms with van der Waals surface area (Å²) in [7, 11) is 0. The molecule has 2 rings (SSSR count). The number of carbonyl (C=O) groups excluding carboxylic acids is 1. The van der Waals surface area contributed by atoms with Gasteiger partial charge in [-0.2, -0.15) is 0 Å². The molecular weight excluding hydrogens is 284 g/mol. The van der Waals surface area contributed by atoms with Gasteiger partial charge < -0.3 is 20.9 Å². The van der Waals surface area contributed by atoms with E-state index in [0.29, 0.717) is 5.69 Å². The number of rotatable bonds is 5. The molecule has 6 nitrogen and oxygen atoms in total. The Morgan fingerprint density at radius 3 is 2.45 bits per heavy atom. The molecule has 0 bridgehead atoms. The van der Waals surface area contributed by atoms with Crippen LogP contribution < -0.4 is 15.8 Å². The maximum atomic E-state index is 11.8. The summed E-state index contributed by atoms with van der Waals surface area (Å²) in [5.41, 5.74) is 7.70. The van der Waals surface area contributed by atoms with E-state index in [1.165, 1.54) is 18.2 Å². The van der Waals surface area contributed by atoms with Crippen LogP contribution in [0.15, 0.2) is 42.5 Å². The van der Waals surface area contributed by atoms with E-state index in [4.69, 9.17) is 15.6 Å². The number of anilines is 2. The Morgan fingerprint density at radius 1 is 1.18 bits per heavy atom. The van der Waals surface area contributed by atoms with Crippen LogP contribution in [0.2, 0.25) is 0 Å². The van der Waals surface area contributed by atoms with E-state index in [2.05, 4.69) is 5.32 Å². The van der Waals surface area contributed by atoms with Crippen LogP contribution in [0, 0.1) is 6.92 Å². The van der Waals surface area contributed by atoms with Gasteiger partial charge in [-0.25, -0.2) is 4.79 Å². The fraction of sp³-hybridized carbons (Fsp3) is 0.125. The van der Waals surface area contributed by atoms with E-state index >= 15 is 0 Å². The van der Waals surface area contributed by atoms with E-state index in [-0.39, 0.29) is 29.5 Å². The van der Waals surface area contributed by atoms with Crippen LogP contribution in [0.25, 0.3) is 0 Å². The Morgan fingerprint density at radius 2 is 1.86 bits per heavy atom. The van der Waals surface area contributed by atoms with Crippen LogP contribution in [0.3, 0.4) is 0 Å².